The van der Waals surface area contributed by atoms with Gasteiger partial charge < -0.3 is 10.1 Å². The van der Waals surface area contributed by atoms with Crippen molar-refractivity contribution in [2.24, 2.45) is 0 Å². The number of hydrogen-bond acceptors (Lipinski definition) is 2. The van der Waals surface area contributed by atoms with E-state index in [1.807, 2.05) is 18.2 Å². The molecule has 5 heteroatoms. The summed E-state index contributed by atoms with van der Waals surface area (Å²) in [6.07, 6.45) is 2.42. The van der Waals surface area contributed by atoms with E-state index in [0.717, 1.165) is 33.3 Å². The fourth-order valence-corrected chi connectivity index (χ4v) is 3.63. The van der Waals surface area contributed by atoms with Crippen LogP contribution in [0, 0.1) is 0 Å². The molecule has 0 atom stereocenters. The smallest absolute Gasteiger partial charge is 0.148 e. The molecule has 0 saturated carbocycles. The fourth-order valence-electron chi connectivity index (χ4n) is 2.12. The Labute approximate surface area is 161 Å². The molecular weight excluding hydrogens is 441 g/mol. The molecule has 0 saturated heterocycles. The quantitative estimate of drug-likeness (QED) is 0.478. The van der Waals surface area contributed by atoms with Gasteiger partial charge in [0.2, 0.25) is 0 Å². The molecule has 2 nitrogen and oxygen atoms in total. The summed E-state index contributed by atoms with van der Waals surface area (Å²) in [7, 11) is 0. The average Bonchev–Trinajstić information content (AvgIpc) is 2.52. The van der Waals surface area contributed by atoms with Gasteiger partial charge >= 0.3 is 0 Å². The van der Waals surface area contributed by atoms with Crippen LogP contribution in [0.25, 0.3) is 0 Å². The second kappa shape index (κ2) is 11.1. The maximum Gasteiger partial charge on any atom is 0.148 e. The molecule has 2 aromatic rings. The molecule has 0 aliphatic rings. The van der Waals surface area contributed by atoms with E-state index in [4.69, 9.17) is 4.74 Å². The van der Waals surface area contributed by atoms with Crippen LogP contribution >= 0.6 is 44.3 Å². The molecule has 2 aromatic carbocycles. The first-order chi connectivity index (χ1) is 10.7. The first-order valence-corrected chi connectivity index (χ1v) is 9.14. The van der Waals surface area contributed by atoms with Crippen LogP contribution in [0.3, 0.4) is 0 Å². The molecule has 0 amide bonds. The third kappa shape index (κ3) is 6.84. The summed E-state index contributed by atoms with van der Waals surface area (Å²) in [6.45, 7) is 4.69. The average molecular weight is 464 g/mol. The van der Waals surface area contributed by atoms with Gasteiger partial charge in [0.15, 0.2) is 0 Å². The molecule has 0 bridgehead atoms. The summed E-state index contributed by atoms with van der Waals surface area (Å²) in [5, 5.41) is 3.45. The van der Waals surface area contributed by atoms with Crippen LogP contribution in [0.1, 0.15) is 30.9 Å². The molecule has 126 valence electrons. The van der Waals surface area contributed by atoms with Gasteiger partial charge in [0.1, 0.15) is 12.4 Å². The largest absolute Gasteiger partial charge is 0.487 e. The van der Waals surface area contributed by atoms with Gasteiger partial charge in [-0.2, -0.15) is 0 Å². The standard InChI is InChI=1S/C18H21Br2NO.ClH/c1-2-3-9-21-12-15-10-16(19)18(17(20)11-15)22-13-14-7-5-4-6-8-14;/h4-8,10-11,21H,2-3,9,12-13H2,1H3;1H. The van der Waals surface area contributed by atoms with Gasteiger partial charge in [-0.25, -0.2) is 0 Å². The Hall–Kier alpha value is -0.550. The van der Waals surface area contributed by atoms with E-state index >= 15 is 0 Å². The molecule has 0 fully saturated rings. The zero-order chi connectivity index (χ0) is 15.8. The lowest BCUT2D eigenvalue weighted by Crippen LogP contribution is -2.14. The summed E-state index contributed by atoms with van der Waals surface area (Å²) in [6, 6.07) is 14.4. The summed E-state index contributed by atoms with van der Waals surface area (Å²) in [4.78, 5) is 0. The minimum atomic E-state index is 0. The van der Waals surface area contributed by atoms with Crippen LogP contribution in [0.15, 0.2) is 51.4 Å². The van der Waals surface area contributed by atoms with E-state index in [2.05, 4.69) is 68.4 Å². The van der Waals surface area contributed by atoms with Gasteiger partial charge in [0, 0.05) is 6.54 Å². The Balaban J connectivity index is 0.00000264. The fraction of sp³-hybridized carbons (Fsp3) is 0.333. The molecule has 0 spiro atoms. The highest BCUT2D eigenvalue weighted by atomic mass is 79.9. The van der Waals surface area contributed by atoms with E-state index in [-0.39, 0.29) is 12.4 Å². The molecule has 23 heavy (non-hydrogen) atoms. The normalized spacial score (nSPS) is 10.2. The SMILES string of the molecule is CCCCNCc1cc(Br)c(OCc2ccccc2)c(Br)c1.Cl. The van der Waals surface area contributed by atoms with Crippen molar-refractivity contribution in [2.45, 2.75) is 32.9 Å². The van der Waals surface area contributed by atoms with Crippen molar-refractivity contribution < 1.29 is 4.74 Å². The highest BCUT2D eigenvalue weighted by Crippen LogP contribution is 2.35. The highest BCUT2D eigenvalue weighted by Gasteiger charge is 2.09. The van der Waals surface area contributed by atoms with Crippen LogP contribution in [0.5, 0.6) is 5.75 Å². The van der Waals surface area contributed by atoms with Gasteiger partial charge in [-0.05, 0) is 68.1 Å². The predicted molar refractivity (Wildman–Crippen MR) is 106 cm³/mol. The van der Waals surface area contributed by atoms with Crippen molar-refractivity contribution >= 4 is 44.3 Å². The van der Waals surface area contributed by atoms with E-state index < -0.39 is 0 Å². The molecule has 0 aliphatic heterocycles. The topological polar surface area (TPSA) is 21.3 Å². The molecule has 2 rings (SSSR count). The molecule has 0 aliphatic carbocycles. The zero-order valence-corrected chi connectivity index (χ0v) is 17.1. The highest BCUT2D eigenvalue weighted by molar-refractivity contribution is 9.11. The van der Waals surface area contributed by atoms with Crippen LogP contribution in [-0.4, -0.2) is 6.54 Å². The minimum absolute atomic E-state index is 0. The first-order valence-electron chi connectivity index (χ1n) is 7.56. The third-order valence-corrected chi connectivity index (χ3v) is 4.50. The lowest BCUT2D eigenvalue weighted by atomic mass is 10.2. The minimum Gasteiger partial charge on any atom is -0.487 e. The predicted octanol–water partition coefficient (Wildman–Crippen LogP) is 6.10. The van der Waals surface area contributed by atoms with Gasteiger partial charge in [0.25, 0.3) is 0 Å². The monoisotopic (exact) mass is 461 g/mol. The zero-order valence-electron chi connectivity index (χ0n) is 13.1. The van der Waals surface area contributed by atoms with Crippen molar-refractivity contribution in [3.63, 3.8) is 0 Å². The summed E-state index contributed by atoms with van der Waals surface area (Å²) >= 11 is 7.22. The number of halogens is 3. The van der Waals surface area contributed by atoms with Crippen LogP contribution in [0.4, 0.5) is 0 Å². The van der Waals surface area contributed by atoms with Crippen molar-refractivity contribution in [3.8, 4) is 5.75 Å². The maximum atomic E-state index is 5.94. The molecule has 1 N–H and O–H groups in total. The Morgan fingerprint density at radius 3 is 2.26 bits per heavy atom. The Morgan fingerprint density at radius 2 is 1.65 bits per heavy atom. The summed E-state index contributed by atoms with van der Waals surface area (Å²) in [5.74, 6) is 0.848. The van der Waals surface area contributed by atoms with Crippen molar-refractivity contribution in [3.05, 3.63) is 62.5 Å². The van der Waals surface area contributed by atoms with E-state index in [1.165, 1.54) is 18.4 Å². The van der Waals surface area contributed by atoms with Crippen molar-refractivity contribution in [2.75, 3.05) is 6.54 Å². The number of ether oxygens (including phenoxy) is 1. The van der Waals surface area contributed by atoms with Crippen LogP contribution in [0.2, 0.25) is 0 Å². The second-order valence-corrected chi connectivity index (χ2v) is 6.90. The summed E-state index contributed by atoms with van der Waals surface area (Å²) in [5.41, 5.74) is 2.40. The molecule has 0 radical (unpaired) electrons. The van der Waals surface area contributed by atoms with E-state index in [0.29, 0.717) is 6.61 Å². The van der Waals surface area contributed by atoms with Gasteiger partial charge in [-0.1, -0.05) is 43.7 Å². The number of unbranched alkanes of at least 4 members (excludes halogenated alkanes) is 1. The van der Waals surface area contributed by atoms with E-state index in [9.17, 15) is 0 Å². The molecule has 0 aromatic heterocycles. The lowest BCUT2D eigenvalue weighted by Gasteiger charge is -2.13. The summed E-state index contributed by atoms with van der Waals surface area (Å²) < 4.78 is 7.89. The molecule has 0 unspecified atom stereocenters. The lowest BCUT2D eigenvalue weighted by molar-refractivity contribution is 0.302. The van der Waals surface area contributed by atoms with E-state index in [1.54, 1.807) is 0 Å². The number of rotatable bonds is 8. The van der Waals surface area contributed by atoms with Crippen LogP contribution in [-0.2, 0) is 13.2 Å². The van der Waals surface area contributed by atoms with Crippen molar-refractivity contribution in [1.82, 2.24) is 5.32 Å². The number of nitrogens with one attached hydrogen (secondary N) is 1. The third-order valence-electron chi connectivity index (χ3n) is 3.32. The van der Waals surface area contributed by atoms with Crippen LogP contribution < -0.4 is 10.1 Å². The van der Waals surface area contributed by atoms with Gasteiger partial charge in [0.05, 0.1) is 8.95 Å². The Bertz CT molecular complexity index is 570. The Kier molecular flexibility index (Phi) is 9.88. The number of hydrogen-bond donors (Lipinski definition) is 1. The molecule has 0 heterocycles. The molecular formula is C18H22Br2ClNO. The van der Waals surface area contributed by atoms with Crippen molar-refractivity contribution in [1.29, 1.82) is 0 Å². The maximum absolute atomic E-state index is 5.94. The first kappa shape index (κ1) is 20.5. The van der Waals surface area contributed by atoms with Gasteiger partial charge in [-0.15, -0.1) is 12.4 Å². The van der Waals surface area contributed by atoms with Gasteiger partial charge in [-0.3, -0.25) is 0 Å². The Morgan fingerprint density at radius 1 is 1.00 bits per heavy atom. The second-order valence-electron chi connectivity index (χ2n) is 5.19. The number of benzene rings is 2.